The van der Waals surface area contributed by atoms with Gasteiger partial charge in [-0.25, -0.2) is 43.4 Å². The molecule has 0 fully saturated rings. The van der Waals surface area contributed by atoms with Gasteiger partial charge in [0.15, 0.2) is 17.5 Å². The summed E-state index contributed by atoms with van der Waals surface area (Å²) in [6.07, 6.45) is -108. The Balaban J connectivity index is 3.35. The minimum Gasteiger partial charge on any atom is -0.393 e. The highest BCUT2D eigenvalue weighted by Gasteiger charge is 2.80. The first-order valence-electron chi connectivity index (χ1n) is 16.2. The Morgan fingerprint density at radius 3 is 0.838 bits per heavy atom. The van der Waals surface area contributed by atoms with Gasteiger partial charge in [-0.2, -0.15) is 119 Å². The van der Waals surface area contributed by atoms with E-state index in [2.05, 4.69) is 24.4 Å². The summed E-state index contributed by atoms with van der Waals surface area (Å²) in [5.41, 5.74) is 0. The predicted octanol–water partition coefficient (Wildman–Crippen LogP) is 7.45. The van der Waals surface area contributed by atoms with E-state index in [1.165, 1.54) is 21.1 Å². The van der Waals surface area contributed by atoms with Crippen LogP contribution in [-0.4, -0.2) is 150 Å². The first-order chi connectivity index (χ1) is 30.0. The molecular weight excluding hydrogens is 1060 g/mol. The van der Waals surface area contributed by atoms with Gasteiger partial charge < -0.3 is 29.5 Å². The highest BCUT2D eigenvalue weighted by molar-refractivity contribution is 5.05. The molecule has 1 heterocycles. The van der Waals surface area contributed by atoms with Crippen molar-refractivity contribution in [3.63, 3.8) is 0 Å². The van der Waals surface area contributed by atoms with Crippen LogP contribution in [0.25, 0.3) is 0 Å². The highest BCUT2D eigenvalue weighted by Crippen LogP contribution is 2.54. The van der Waals surface area contributed by atoms with Crippen molar-refractivity contribution in [2.24, 2.45) is 0 Å². The maximum absolute atomic E-state index is 14.3. The lowest BCUT2D eigenvalue weighted by molar-refractivity contribution is -0.595. The molecule has 42 heteroatoms. The number of methoxy groups -OCH3 is 1. The zero-order valence-electron chi connectivity index (χ0n) is 31.8. The Labute approximate surface area is 354 Å². The van der Waals surface area contributed by atoms with Gasteiger partial charge in [-0.1, -0.05) is 0 Å². The molecule has 0 saturated heterocycles. The summed E-state index contributed by atoms with van der Waals surface area (Å²) in [6, 6.07) is 0. The fraction of sp³-hybridized carbons (Fsp3) is 0.885. The molecule has 0 amide bonds. The monoisotopic (exact) mass is 1080 g/mol. The van der Waals surface area contributed by atoms with Crippen molar-refractivity contribution in [2.75, 3.05) is 40.1 Å². The lowest BCUT2D eigenvalue weighted by Crippen LogP contribution is -2.62. The fourth-order valence-corrected chi connectivity index (χ4v) is 3.61. The zero-order valence-corrected chi connectivity index (χ0v) is 31.8. The molecule has 0 radical (unpaired) electrons. The van der Waals surface area contributed by atoms with Gasteiger partial charge >= 0.3 is 79.5 Å². The van der Waals surface area contributed by atoms with Crippen molar-refractivity contribution in [3.05, 3.63) is 17.5 Å². The van der Waals surface area contributed by atoms with Gasteiger partial charge in [-0.05, 0) is 6.92 Å². The smallest absolute Gasteiger partial charge is 0.393 e. The zero-order chi connectivity index (χ0) is 54.0. The second-order valence-corrected chi connectivity index (χ2v) is 11.9. The van der Waals surface area contributed by atoms with E-state index in [1.807, 2.05) is 0 Å². The van der Waals surface area contributed by atoms with E-state index >= 15 is 0 Å². The molecule has 1 aromatic rings. The number of aliphatic hydroxyl groups is 3. The Morgan fingerprint density at radius 2 is 0.603 bits per heavy atom. The van der Waals surface area contributed by atoms with Crippen molar-refractivity contribution < 1.29 is 176 Å². The molecule has 3 unspecified atom stereocenters. The normalized spacial score (nSPS) is 16.6. The van der Waals surface area contributed by atoms with E-state index in [1.54, 1.807) is 0 Å². The molecule has 3 atom stereocenters. The van der Waals surface area contributed by atoms with E-state index in [4.69, 9.17) is 9.47 Å². The molecule has 0 spiro atoms. The van der Waals surface area contributed by atoms with Crippen LogP contribution in [0.4, 0.5) is 119 Å². The lowest BCUT2D eigenvalue weighted by Gasteiger charge is -2.37. The van der Waals surface area contributed by atoms with Crippen LogP contribution in [0.1, 0.15) is 42.7 Å². The number of aromatic nitrogens is 3. The Morgan fingerprint density at radius 1 is 0.368 bits per heavy atom. The number of rotatable bonds is 29. The molecule has 0 aliphatic carbocycles. The average Bonchev–Trinajstić information content (AvgIpc) is 3.11. The first kappa shape index (κ1) is 62.7. The SMILES string of the molecule is CCOC(CO)c1nc(C(CO)OC)nc(C(CO)OCC(F)(F)OC(F)(F)C(F)(F)OC(F)(F)C(F)(F)OC(F)(F)C(F)(F)OC(F)(F)C(F)(F)OC(F)(F)C(F)(F)OC(F)(F)C(F)(F)F)n1. The molecule has 3 N–H and O–H groups in total. The summed E-state index contributed by atoms with van der Waals surface area (Å²) in [4.78, 5) is 10.9. The first-order valence-corrected chi connectivity index (χ1v) is 16.2. The Hall–Kier alpha value is -3.36. The average molecular weight is 1080 g/mol. The van der Waals surface area contributed by atoms with Crippen LogP contribution in [-0.2, 0) is 42.6 Å². The second kappa shape index (κ2) is 20.8. The quantitative estimate of drug-likeness (QED) is 0.0673. The number of ether oxygens (including phenoxy) is 9. The van der Waals surface area contributed by atoms with Crippen LogP contribution >= 0.6 is 0 Å². The van der Waals surface area contributed by atoms with Crippen molar-refractivity contribution >= 4 is 0 Å². The van der Waals surface area contributed by atoms with Crippen LogP contribution in [0.3, 0.4) is 0 Å². The van der Waals surface area contributed by atoms with Crippen molar-refractivity contribution in [2.45, 2.75) is 105 Å². The number of halogens is 27. The number of hydrogen-bond acceptors (Lipinski definition) is 15. The molecule has 15 nitrogen and oxygen atoms in total. The van der Waals surface area contributed by atoms with E-state index in [0.29, 0.717) is 0 Å². The van der Waals surface area contributed by atoms with Gasteiger partial charge in [0.2, 0.25) is 0 Å². The number of hydrogen-bond donors (Lipinski definition) is 3. The van der Waals surface area contributed by atoms with E-state index in [0.717, 1.165) is 16.6 Å². The van der Waals surface area contributed by atoms with Crippen LogP contribution in [0, 0.1) is 0 Å². The van der Waals surface area contributed by atoms with E-state index in [9.17, 15) is 134 Å². The van der Waals surface area contributed by atoms with Crippen LogP contribution < -0.4 is 0 Å². The number of nitrogens with zero attached hydrogens (tertiary/aromatic N) is 3. The summed E-state index contributed by atoms with van der Waals surface area (Å²) in [5, 5.41) is 28.6. The molecule has 1 rings (SSSR count). The summed E-state index contributed by atoms with van der Waals surface area (Å²) in [6.45, 7) is -5.35. The molecule has 1 aromatic heterocycles. The van der Waals surface area contributed by atoms with Gasteiger partial charge in [0, 0.05) is 13.7 Å². The van der Waals surface area contributed by atoms with Crippen LogP contribution in [0.2, 0.25) is 0 Å². The fourth-order valence-electron chi connectivity index (χ4n) is 3.61. The third-order valence-electron chi connectivity index (χ3n) is 6.74. The van der Waals surface area contributed by atoms with E-state index in [-0.39, 0.29) is 6.61 Å². The van der Waals surface area contributed by atoms with Crippen LogP contribution in [0.15, 0.2) is 0 Å². The molecule has 0 aromatic carbocycles. The highest BCUT2D eigenvalue weighted by atomic mass is 19.4. The maximum Gasteiger partial charge on any atom is 0.483 e. The largest absolute Gasteiger partial charge is 0.483 e. The van der Waals surface area contributed by atoms with Gasteiger partial charge in [0.1, 0.15) is 24.9 Å². The van der Waals surface area contributed by atoms with Crippen LogP contribution in [0.5, 0.6) is 0 Å². The summed E-state index contributed by atoms with van der Waals surface area (Å²) < 4.78 is 386. The molecule has 0 saturated carbocycles. The molecule has 0 bridgehead atoms. The third kappa shape index (κ3) is 14.6. The predicted molar refractivity (Wildman–Crippen MR) is 146 cm³/mol. The molecule has 0 aliphatic heterocycles. The second-order valence-electron chi connectivity index (χ2n) is 11.9. The van der Waals surface area contributed by atoms with Gasteiger partial charge in [-0.3, -0.25) is 0 Å². The molecule has 68 heavy (non-hydrogen) atoms. The minimum absolute atomic E-state index is 0.209. The topological polar surface area (TPSA) is 182 Å². The Bertz CT molecular complexity index is 1790. The van der Waals surface area contributed by atoms with Gasteiger partial charge in [0.25, 0.3) is 0 Å². The number of alkyl halides is 27. The van der Waals surface area contributed by atoms with Crippen molar-refractivity contribution in [1.82, 2.24) is 15.0 Å². The van der Waals surface area contributed by atoms with E-state index < -0.39 is 142 Å². The maximum atomic E-state index is 14.3. The van der Waals surface area contributed by atoms with Crippen molar-refractivity contribution in [1.29, 1.82) is 0 Å². The standard InChI is InChI=1S/C26H22F27N3O12/c1-3-61-9(5-58)12-54-11(8(4-57)60-2)55-13(56-12)10(6-59)62-7-14(27,28)63-17(34,35)18(36,37)65-21(42,43)22(44,45)67-25(50,51)26(52,53)68-24(48,49)23(46,47)66-20(40,41)19(38,39)64-16(32,33)15(29,30)31/h8-10,57-59H,3-7H2,1-2H3. The van der Waals surface area contributed by atoms with Crippen molar-refractivity contribution in [3.8, 4) is 0 Å². The molecule has 0 aliphatic rings. The summed E-state index contributed by atoms with van der Waals surface area (Å²) in [7, 11) is 0.916. The summed E-state index contributed by atoms with van der Waals surface area (Å²) in [5.74, 6) is -2.39. The lowest BCUT2D eigenvalue weighted by atomic mass is 10.2. The molecule has 402 valence electrons. The van der Waals surface area contributed by atoms with Gasteiger partial charge in [0.05, 0.1) is 19.8 Å². The Kier molecular flexibility index (Phi) is 19.1. The molecular formula is C26H22F27N3O12. The minimum atomic E-state index is -8.34. The summed E-state index contributed by atoms with van der Waals surface area (Å²) >= 11 is 0. The third-order valence-corrected chi connectivity index (χ3v) is 6.74. The van der Waals surface area contributed by atoms with Gasteiger partial charge in [-0.15, -0.1) is 0 Å². The number of aliphatic hydroxyl groups excluding tert-OH is 3.